The first kappa shape index (κ1) is 38.2. The number of imidazole rings is 1. The second-order valence-corrected chi connectivity index (χ2v) is 23.0. The molecular formula is C57H52IrN4OSi-2. The fourth-order valence-electron chi connectivity index (χ4n) is 8.00. The molecule has 4 heterocycles. The van der Waals surface area contributed by atoms with Crippen molar-refractivity contribution in [1.82, 2.24) is 19.5 Å². The summed E-state index contributed by atoms with van der Waals surface area (Å²) in [6, 6.07) is 57.0. The van der Waals surface area contributed by atoms with Crippen LogP contribution in [0.25, 0.3) is 83.7 Å². The third-order valence-electron chi connectivity index (χ3n) is 11.0. The van der Waals surface area contributed by atoms with Crippen molar-refractivity contribution in [3.8, 4) is 50.6 Å². The minimum absolute atomic E-state index is 0. The first-order valence-electron chi connectivity index (χ1n) is 23.8. The van der Waals surface area contributed by atoms with Gasteiger partial charge in [-0.15, -0.1) is 53.6 Å². The van der Waals surface area contributed by atoms with Gasteiger partial charge in [0.15, 0.2) is 0 Å². The van der Waals surface area contributed by atoms with Gasteiger partial charge in [-0.05, 0) is 82.7 Å². The number of hydrogen-bond donors (Lipinski definition) is 0. The van der Waals surface area contributed by atoms with Crippen molar-refractivity contribution in [3.63, 3.8) is 0 Å². The summed E-state index contributed by atoms with van der Waals surface area (Å²) in [5, 5.41) is 2.99. The minimum Gasteiger partial charge on any atom is -0.486 e. The molecule has 64 heavy (non-hydrogen) atoms. The minimum atomic E-state index is -2.17. The Labute approximate surface area is 398 Å². The Morgan fingerprint density at radius 1 is 0.750 bits per heavy atom. The number of aryl methyl sites for hydroxylation is 2. The molecule has 5 nitrogen and oxygen atoms in total. The van der Waals surface area contributed by atoms with Crippen LogP contribution in [0.3, 0.4) is 0 Å². The van der Waals surface area contributed by atoms with Crippen LogP contribution in [0.4, 0.5) is 0 Å². The molecule has 1 radical (unpaired) electrons. The van der Waals surface area contributed by atoms with E-state index in [4.69, 9.17) is 16.3 Å². The van der Waals surface area contributed by atoms with Crippen LogP contribution in [0.1, 0.15) is 44.4 Å². The fraction of sp³-hybridized carbons (Fsp3) is 0.175. The first-order valence-corrected chi connectivity index (χ1v) is 24.8. The predicted molar refractivity (Wildman–Crippen MR) is 265 cm³/mol. The second kappa shape index (κ2) is 18.1. The van der Waals surface area contributed by atoms with Gasteiger partial charge in [0.05, 0.1) is 30.5 Å². The maximum atomic E-state index is 8.79. The van der Waals surface area contributed by atoms with Crippen LogP contribution in [0.5, 0.6) is 0 Å². The smallest absolute Gasteiger partial charge is 0.216 e. The van der Waals surface area contributed by atoms with Crippen LogP contribution in [0, 0.1) is 31.3 Å². The molecule has 0 unspecified atom stereocenters. The number of hydrogen-bond acceptors (Lipinski definition) is 4. The second-order valence-electron chi connectivity index (χ2n) is 18.0. The van der Waals surface area contributed by atoms with Gasteiger partial charge in [-0.1, -0.05) is 149 Å². The van der Waals surface area contributed by atoms with Gasteiger partial charge in [-0.2, -0.15) is 0 Å². The van der Waals surface area contributed by atoms with Crippen molar-refractivity contribution in [3.05, 3.63) is 187 Å². The van der Waals surface area contributed by atoms with Crippen molar-refractivity contribution in [1.29, 1.82) is 0 Å². The van der Waals surface area contributed by atoms with E-state index >= 15 is 0 Å². The van der Waals surface area contributed by atoms with Gasteiger partial charge in [0, 0.05) is 55.5 Å². The Bertz CT molecular complexity index is 3450. The molecular weight excluding hydrogens is 977 g/mol. The van der Waals surface area contributed by atoms with Gasteiger partial charge in [-0.25, -0.2) is 4.98 Å². The fourth-order valence-corrected chi connectivity index (χ4v) is 9.39. The van der Waals surface area contributed by atoms with E-state index in [1.807, 2.05) is 64.1 Å². The molecule has 0 saturated carbocycles. The molecule has 0 amide bonds. The Morgan fingerprint density at radius 3 is 2.19 bits per heavy atom. The van der Waals surface area contributed by atoms with Crippen molar-refractivity contribution in [2.75, 3.05) is 0 Å². The number of rotatable bonds is 7. The van der Waals surface area contributed by atoms with E-state index < -0.39 is 26.7 Å². The third kappa shape index (κ3) is 9.21. The average molecular weight is 1030 g/mol. The summed E-state index contributed by atoms with van der Waals surface area (Å²) >= 11 is 0. The zero-order chi connectivity index (χ0) is 48.2. The topological polar surface area (TPSA) is 56.7 Å². The van der Waals surface area contributed by atoms with E-state index in [1.165, 1.54) is 11.6 Å². The Morgan fingerprint density at radius 2 is 1.48 bits per heavy atom. The summed E-state index contributed by atoms with van der Waals surface area (Å²) < 4.78 is 48.7. The number of nitrogens with zero attached hydrogens (tertiary/aromatic N) is 4. The van der Waals surface area contributed by atoms with E-state index in [9.17, 15) is 0 Å². The number of para-hydroxylation sites is 2. The molecule has 10 rings (SSSR count). The molecule has 10 aromatic rings. The summed E-state index contributed by atoms with van der Waals surface area (Å²) in [7, 11) is -1.81. The Balaban J connectivity index is 0.000000201. The molecule has 0 fully saturated rings. The zero-order valence-electron chi connectivity index (χ0n) is 42.0. The number of benzene rings is 6. The summed E-state index contributed by atoms with van der Waals surface area (Å²) in [6.45, 7) is 12.1. The normalized spacial score (nSPS) is 13.3. The predicted octanol–water partition coefficient (Wildman–Crippen LogP) is 14.4. The standard InChI is InChI=1S/C37H24N3O.C20H28NSi.Ir/c1-24-19-21-29-28-15-10-16-30(35(28)41-37(29)38-24)36-39-32-17-8-9-18-34(32)40(36)33-22-20-27(25-11-4-2-5-12-25)23-31(33)26-13-6-3-7-14-26;1-15-8-10-16(11-9-15)18-12-17(13-20(2,3)4)19(14-21-18)22(5,6)7;/h2-15,17-23H,1H3;8-10,12,14H,13H2,1-7H3;/q2*-1;/i;1D3,13D2;. The maximum Gasteiger partial charge on any atom is 0.216 e. The molecule has 7 heteroatoms. The van der Waals surface area contributed by atoms with Gasteiger partial charge < -0.3 is 14.0 Å². The summed E-state index contributed by atoms with van der Waals surface area (Å²) in [5.74, 6) is 0.775. The molecule has 0 saturated heterocycles. The van der Waals surface area contributed by atoms with Gasteiger partial charge in [0.1, 0.15) is 0 Å². The van der Waals surface area contributed by atoms with Crippen LogP contribution in [0.15, 0.2) is 162 Å². The molecule has 321 valence electrons. The largest absolute Gasteiger partial charge is 0.486 e. The van der Waals surface area contributed by atoms with Crippen molar-refractivity contribution in [2.45, 2.75) is 60.6 Å². The van der Waals surface area contributed by atoms with E-state index in [0.29, 0.717) is 22.5 Å². The maximum absolute atomic E-state index is 8.79. The van der Waals surface area contributed by atoms with Gasteiger partial charge in [-0.3, -0.25) is 4.98 Å². The molecule has 0 aliphatic rings. The average Bonchev–Trinajstić information content (AvgIpc) is 3.89. The molecule has 0 aliphatic carbocycles. The molecule has 0 bridgehead atoms. The number of pyridine rings is 2. The van der Waals surface area contributed by atoms with Gasteiger partial charge in [0.2, 0.25) is 5.71 Å². The Hall–Kier alpha value is -6.24. The first-order chi connectivity index (χ1) is 32.3. The van der Waals surface area contributed by atoms with Crippen molar-refractivity contribution in [2.24, 2.45) is 5.41 Å². The summed E-state index contributed by atoms with van der Waals surface area (Å²) in [5.41, 5.74) is 12.2. The SMILES string of the molecule is Cc1ccc2c(n1)oc1c(-c3nc4ccccc4n3-c3ccc(-c4ccccc4)cc3-c3ccccc3)[c-]ccc12.[2H]C([2H])([2H])c1c[c-]c(-c2cc(C([2H])([2H])C(C)(C)C)c([Si](C)(C)C)cn2)cc1.[Ir]. The van der Waals surface area contributed by atoms with E-state index in [0.717, 1.165) is 72.0 Å². The number of fused-ring (bicyclic) bond motifs is 4. The van der Waals surface area contributed by atoms with Crippen LogP contribution in [-0.4, -0.2) is 27.6 Å². The molecule has 6 aromatic carbocycles. The number of furan rings is 1. The molecule has 0 N–H and O–H groups in total. The molecule has 0 spiro atoms. The zero-order valence-corrected chi connectivity index (χ0v) is 40.4. The van der Waals surface area contributed by atoms with Crippen LogP contribution >= 0.6 is 0 Å². The summed E-state index contributed by atoms with van der Waals surface area (Å²) in [6.07, 6.45) is 0.269. The quantitative estimate of drug-likeness (QED) is 0.118. The van der Waals surface area contributed by atoms with Crippen molar-refractivity contribution < 1.29 is 31.4 Å². The van der Waals surface area contributed by atoms with Gasteiger partial charge in [0.25, 0.3) is 0 Å². The number of aromatic nitrogens is 4. The summed E-state index contributed by atoms with van der Waals surface area (Å²) in [4.78, 5) is 14.4. The van der Waals surface area contributed by atoms with E-state index in [1.54, 1.807) is 18.3 Å². The van der Waals surface area contributed by atoms with Crippen LogP contribution in [-0.2, 0) is 26.5 Å². The Kier molecular flexibility index (Phi) is 10.8. The van der Waals surface area contributed by atoms with E-state index in [2.05, 4.69) is 143 Å². The van der Waals surface area contributed by atoms with E-state index in [-0.39, 0.29) is 25.7 Å². The third-order valence-corrected chi connectivity index (χ3v) is 13.0. The van der Waals surface area contributed by atoms with Crippen LogP contribution < -0.4 is 5.19 Å². The molecule has 0 aliphatic heterocycles. The monoisotopic (exact) mass is 1030 g/mol. The molecule has 0 atom stereocenters. The van der Waals surface area contributed by atoms with Crippen molar-refractivity contribution >= 4 is 46.4 Å². The molecule has 4 aromatic heterocycles. The van der Waals surface area contributed by atoms with Gasteiger partial charge >= 0.3 is 0 Å². The van der Waals surface area contributed by atoms with Crippen LogP contribution in [0.2, 0.25) is 19.6 Å².